The molecule has 0 aromatic heterocycles. The molecule has 0 fully saturated rings. The Morgan fingerprint density at radius 3 is 2.25 bits per heavy atom. The van der Waals surface area contributed by atoms with Crippen LogP contribution in [0.15, 0.2) is 36.4 Å². The van der Waals surface area contributed by atoms with E-state index in [-0.39, 0.29) is 12.2 Å². The Kier molecular flexibility index (Phi) is 11.1. The Morgan fingerprint density at radius 1 is 1.12 bits per heavy atom. The van der Waals surface area contributed by atoms with Gasteiger partial charge in [-0.1, -0.05) is 46.1 Å². The van der Waals surface area contributed by atoms with Gasteiger partial charge in [0.15, 0.2) is 5.78 Å². The van der Waals surface area contributed by atoms with Gasteiger partial charge in [-0.25, -0.2) is 4.79 Å². The monoisotopic (exact) mass is 448 g/mol. The number of carboxylic acid groups (broad SMARTS) is 1. The van der Waals surface area contributed by atoms with Gasteiger partial charge in [0.25, 0.3) is 0 Å². The first kappa shape index (κ1) is 27.4. The fraction of sp³-hybridized carbons (Fsp3) is 0.560. The lowest BCUT2D eigenvalue weighted by molar-refractivity contribution is -0.144. The van der Waals surface area contributed by atoms with Crippen LogP contribution in [0.2, 0.25) is 0 Å². The van der Waals surface area contributed by atoms with Crippen LogP contribution in [0, 0.1) is 5.92 Å². The second-order valence-electron chi connectivity index (χ2n) is 8.58. The van der Waals surface area contributed by atoms with Crippen molar-refractivity contribution in [1.29, 1.82) is 0 Å². The maximum absolute atomic E-state index is 12.2. The van der Waals surface area contributed by atoms with Crippen LogP contribution in [0.4, 0.5) is 0 Å². The first-order valence-corrected chi connectivity index (χ1v) is 11.1. The normalized spacial score (nSPS) is 13.2. The Hall–Kier alpha value is -2.67. The molecule has 0 aliphatic rings. The molecule has 1 rings (SSSR count). The minimum absolute atomic E-state index is 0.0373. The van der Waals surface area contributed by atoms with E-state index in [1.165, 1.54) is 13.8 Å². The average molecular weight is 449 g/mol. The highest BCUT2D eigenvalue weighted by atomic mass is 16.6. The average Bonchev–Trinajstić information content (AvgIpc) is 2.73. The van der Waals surface area contributed by atoms with Gasteiger partial charge in [-0.05, 0) is 50.5 Å². The second-order valence-corrected chi connectivity index (χ2v) is 8.58. The number of carbonyl (C=O) groups excluding carboxylic acids is 2. The van der Waals surface area contributed by atoms with Crippen molar-refractivity contribution >= 4 is 17.7 Å². The number of aliphatic hydroxyl groups is 1. The molecule has 1 aromatic rings. The second kappa shape index (κ2) is 13.0. The molecule has 32 heavy (non-hydrogen) atoms. The van der Waals surface area contributed by atoms with E-state index in [1.807, 2.05) is 0 Å². The third-order valence-corrected chi connectivity index (χ3v) is 5.17. The van der Waals surface area contributed by atoms with E-state index in [2.05, 4.69) is 20.4 Å². The summed E-state index contributed by atoms with van der Waals surface area (Å²) in [6.07, 6.45) is 3.92. The first-order chi connectivity index (χ1) is 15.0. The van der Waals surface area contributed by atoms with Crippen LogP contribution in [0.3, 0.4) is 0 Å². The predicted octanol–water partition coefficient (Wildman–Crippen LogP) is 4.57. The van der Waals surface area contributed by atoms with Crippen molar-refractivity contribution in [2.75, 3.05) is 6.61 Å². The molecule has 0 saturated carbocycles. The third-order valence-electron chi connectivity index (χ3n) is 5.17. The van der Waals surface area contributed by atoms with E-state index in [1.54, 1.807) is 24.3 Å². The number of esters is 1. The summed E-state index contributed by atoms with van der Waals surface area (Å²) in [5, 5.41) is 18.7. The molecule has 2 atom stereocenters. The molecule has 2 unspecified atom stereocenters. The number of carbonyl (C=O) groups is 3. The number of ether oxygens (including phenoxy) is 2. The molecule has 7 nitrogen and oxygen atoms in total. The Bertz CT molecular complexity index is 774. The number of Topliss-reactive ketones (excluding diaryl/α,β-unsaturated/α-hetero) is 1. The number of carboxylic acids is 1. The van der Waals surface area contributed by atoms with Crippen molar-refractivity contribution in [1.82, 2.24) is 0 Å². The molecule has 0 heterocycles. The van der Waals surface area contributed by atoms with Crippen LogP contribution in [0.25, 0.3) is 0 Å². The summed E-state index contributed by atoms with van der Waals surface area (Å²) < 4.78 is 11.3. The van der Waals surface area contributed by atoms with Gasteiger partial charge < -0.3 is 19.7 Å². The van der Waals surface area contributed by atoms with Gasteiger partial charge >= 0.3 is 11.9 Å². The molecule has 7 heteroatoms. The Labute approximate surface area is 190 Å². The molecule has 0 spiro atoms. The molecular formula is C25H36O7. The smallest absolute Gasteiger partial charge is 0.334 e. The largest absolute Gasteiger partial charge is 0.487 e. The Balaban J connectivity index is 2.90. The number of benzene rings is 1. The van der Waals surface area contributed by atoms with E-state index in [4.69, 9.17) is 14.6 Å². The highest BCUT2D eigenvalue weighted by Gasteiger charge is 2.25. The topological polar surface area (TPSA) is 110 Å². The molecule has 178 valence electrons. The summed E-state index contributed by atoms with van der Waals surface area (Å²) in [6, 6.07) is 6.46. The van der Waals surface area contributed by atoms with Gasteiger partial charge in [0.2, 0.25) is 0 Å². The maximum atomic E-state index is 12.2. The molecule has 0 amide bonds. The molecule has 0 aliphatic heterocycles. The van der Waals surface area contributed by atoms with E-state index >= 15 is 0 Å². The number of ketones is 1. The van der Waals surface area contributed by atoms with Gasteiger partial charge in [-0.3, -0.25) is 9.59 Å². The van der Waals surface area contributed by atoms with Crippen LogP contribution in [-0.2, 0) is 14.3 Å². The predicted molar refractivity (Wildman–Crippen MR) is 122 cm³/mol. The number of hydrogen-bond donors (Lipinski definition) is 2. The Morgan fingerprint density at radius 2 is 1.75 bits per heavy atom. The SMILES string of the molecule is C=C(CC(=O)O)C(=O)OCC(CC(CC)CCCC)Oc1ccc(C(=O)C(C)(C)O)cc1. The van der Waals surface area contributed by atoms with Gasteiger partial charge in [0.05, 0.1) is 6.42 Å². The van der Waals surface area contributed by atoms with E-state index in [0.29, 0.717) is 23.7 Å². The zero-order valence-corrected chi connectivity index (χ0v) is 19.6. The number of unbranched alkanes of at least 4 members (excludes halogenated alkanes) is 1. The number of hydrogen-bond acceptors (Lipinski definition) is 6. The molecule has 0 bridgehead atoms. The maximum Gasteiger partial charge on any atom is 0.334 e. The van der Waals surface area contributed by atoms with E-state index < -0.39 is 35.8 Å². The highest BCUT2D eigenvalue weighted by molar-refractivity contribution is 6.01. The van der Waals surface area contributed by atoms with Crippen molar-refractivity contribution < 1.29 is 34.1 Å². The fourth-order valence-electron chi connectivity index (χ4n) is 3.26. The molecule has 0 saturated heterocycles. The van der Waals surface area contributed by atoms with Gasteiger partial charge in [0.1, 0.15) is 24.1 Å². The summed E-state index contributed by atoms with van der Waals surface area (Å²) in [5.41, 5.74) is -1.22. The van der Waals surface area contributed by atoms with Crippen LogP contribution in [0.5, 0.6) is 5.75 Å². The molecular weight excluding hydrogens is 412 g/mol. The lowest BCUT2D eigenvalue weighted by Crippen LogP contribution is -2.31. The molecule has 1 aromatic carbocycles. The van der Waals surface area contributed by atoms with Crippen molar-refractivity contribution in [3.63, 3.8) is 0 Å². The summed E-state index contributed by atoms with van der Waals surface area (Å²) >= 11 is 0. The minimum atomic E-state index is -1.47. The van der Waals surface area contributed by atoms with Crippen LogP contribution in [-0.4, -0.2) is 46.2 Å². The summed E-state index contributed by atoms with van der Waals surface area (Å²) in [4.78, 5) is 35.1. The third kappa shape index (κ3) is 9.64. The van der Waals surface area contributed by atoms with Crippen molar-refractivity contribution in [3.05, 3.63) is 42.0 Å². The highest BCUT2D eigenvalue weighted by Crippen LogP contribution is 2.24. The van der Waals surface area contributed by atoms with Crippen LogP contribution < -0.4 is 4.74 Å². The van der Waals surface area contributed by atoms with Crippen molar-refractivity contribution in [2.24, 2.45) is 5.92 Å². The van der Waals surface area contributed by atoms with Crippen molar-refractivity contribution in [2.45, 2.75) is 77.9 Å². The lowest BCUT2D eigenvalue weighted by Gasteiger charge is -2.24. The lowest BCUT2D eigenvalue weighted by atomic mass is 9.93. The summed E-state index contributed by atoms with van der Waals surface area (Å²) in [7, 11) is 0. The fourth-order valence-corrected chi connectivity index (χ4v) is 3.26. The van der Waals surface area contributed by atoms with E-state index in [9.17, 15) is 19.5 Å². The molecule has 0 aliphatic carbocycles. The van der Waals surface area contributed by atoms with Crippen LogP contribution in [0.1, 0.15) is 76.6 Å². The summed E-state index contributed by atoms with van der Waals surface area (Å²) in [5.74, 6) is -1.40. The zero-order chi connectivity index (χ0) is 24.3. The van der Waals surface area contributed by atoms with Crippen LogP contribution >= 0.6 is 0 Å². The quantitative estimate of drug-likeness (QED) is 0.230. The summed E-state index contributed by atoms with van der Waals surface area (Å²) in [6.45, 7) is 10.5. The minimum Gasteiger partial charge on any atom is -0.487 e. The number of aliphatic carboxylic acids is 1. The van der Waals surface area contributed by atoms with Crippen molar-refractivity contribution in [3.8, 4) is 5.75 Å². The van der Waals surface area contributed by atoms with E-state index in [0.717, 1.165) is 25.7 Å². The van der Waals surface area contributed by atoms with Gasteiger partial charge in [-0.15, -0.1) is 0 Å². The zero-order valence-electron chi connectivity index (χ0n) is 19.6. The van der Waals surface area contributed by atoms with Gasteiger partial charge in [-0.2, -0.15) is 0 Å². The molecule has 2 N–H and O–H groups in total. The molecule has 0 radical (unpaired) electrons. The number of rotatable bonds is 15. The standard InChI is InChI=1S/C25H36O7/c1-6-8-9-18(7-2)15-21(16-31-24(29)17(3)14-22(26)27)32-20-12-10-19(11-13-20)23(28)25(4,5)30/h10-13,18,21,30H,3,6-9,14-16H2,1-2,4-5H3,(H,26,27). The van der Waals surface area contributed by atoms with Gasteiger partial charge in [0, 0.05) is 11.1 Å². The first-order valence-electron chi connectivity index (χ1n) is 11.1.